The zero-order chi connectivity index (χ0) is 10.4. The molecular formula is C14H21FeN. The minimum atomic E-state index is -2.50. The molecule has 10 fully saturated rings. The van der Waals surface area contributed by atoms with Crippen LogP contribution in [0.2, 0.25) is 47.7 Å². The topological polar surface area (TPSA) is 12.0 Å². The first kappa shape index (κ1) is 6.59. The molecule has 0 aromatic carbocycles. The van der Waals surface area contributed by atoms with E-state index in [1.807, 2.05) is 14.1 Å². The van der Waals surface area contributed by atoms with Gasteiger partial charge in [-0.15, -0.1) is 0 Å². The molecule has 10 saturated heterocycles. The summed E-state index contributed by atoms with van der Waals surface area (Å²) >= 11 is 0. The van der Waals surface area contributed by atoms with E-state index in [0.29, 0.717) is 0 Å². The van der Waals surface area contributed by atoms with Crippen molar-refractivity contribution in [1.29, 1.82) is 0 Å². The normalized spacial score (nSPS) is 125. The van der Waals surface area contributed by atoms with Crippen LogP contribution in [0.1, 0.15) is 13.3 Å². The van der Waals surface area contributed by atoms with E-state index >= 15 is 0 Å². The van der Waals surface area contributed by atoms with E-state index < -0.39 is 6.51 Å². The first-order valence-corrected chi connectivity index (χ1v) is 13.6. The number of rotatable bonds is 1. The molecule has 1 N–H and O–H groups in total. The average Bonchev–Trinajstić information content (AvgIpc) is 3.24. The van der Waals surface area contributed by atoms with E-state index in [4.69, 9.17) is 0 Å². The minimum absolute atomic E-state index is 1.24. The van der Waals surface area contributed by atoms with E-state index in [-0.39, 0.29) is 0 Å². The zero-order valence-electron chi connectivity index (χ0n) is 10.3. The van der Waals surface area contributed by atoms with Crippen molar-refractivity contribution < 1.29 is 6.51 Å². The minimum Gasteiger partial charge on any atom is -0.323 e. The fourth-order valence-corrected chi connectivity index (χ4v) is 93.5. The van der Waals surface area contributed by atoms with Crippen molar-refractivity contribution in [1.82, 2.24) is 5.32 Å². The number of fused-ring (bicyclic) bond motifs is 10. The van der Waals surface area contributed by atoms with Gasteiger partial charge in [-0.1, -0.05) is 0 Å². The molecule has 0 aliphatic carbocycles. The molecule has 10 aliphatic heterocycles. The predicted octanol–water partition coefficient (Wildman–Crippen LogP) is 3.99. The van der Waals surface area contributed by atoms with Gasteiger partial charge < -0.3 is 5.32 Å². The van der Waals surface area contributed by atoms with Gasteiger partial charge in [0.25, 0.3) is 0 Å². The fraction of sp³-hybridized carbons (Fsp3) is 1.00. The first-order valence-electron chi connectivity index (χ1n) is 7.32. The van der Waals surface area contributed by atoms with Gasteiger partial charge in [0, 0.05) is 0 Å². The molecule has 4 unspecified atom stereocenters. The molecule has 0 aromatic rings. The van der Waals surface area contributed by atoms with E-state index in [2.05, 4.69) is 12.2 Å². The number of hydrogen-bond acceptors (Lipinski definition) is 1. The Hall–Kier alpha value is 0.479. The molecule has 0 aromatic heterocycles. The van der Waals surface area contributed by atoms with E-state index in [1.54, 1.807) is 49.8 Å². The van der Waals surface area contributed by atoms with Crippen molar-refractivity contribution in [3.8, 4) is 0 Å². The third kappa shape index (κ3) is 0.0561. The van der Waals surface area contributed by atoms with Crippen molar-refractivity contribution in [2.45, 2.75) is 61.0 Å². The van der Waals surface area contributed by atoms with Crippen molar-refractivity contribution >= 4 is 0 Å². The SMILES string of the molecule is CC[C]12[CH]3[CH]4[CH]5[CH]1[Fe]45321678[CH]2[CH]1[CH]6[CH]7[CH]28.CNC. The molecule has 90 valence electrons. The van der Waals surface area contributed by atoms with Crippen LogP contribution in [0.3, 0.4) is 0 Å². The first-order chi connectivity index (χ1) is 7.52. The molecule has 10 heterocycles. The van der Waals surface area contributed by atoms with E-state index in [1.165, 1.54) is 4.31 Å². The summed E-state index contributed by atoms with van der Waals surface area (Å²) in [4.78, 5) is 14.1. The molecule has 10 rings (SSSR count). The van der Waals surface area contributed by atoms with Crippen molar-refractivity contribution in [2.75, 3.05) is 14.1 Å². The summed E-state index contributed by atoms with van der Waals surface area (Å²) in [6, 6.07) is 0. The maximum absolute atomic E-state index is 2.75. The van der Waals surface area contributed by atoms with Crippen LogP contribution in [-0.4, -0.2) is 14.1 Å². The Kier molecular flexibility index (Phi) is 0.206. The van der Waals surface area contributed by atoms with E-state index in [9.17, 15) is 0 Å². The second-order valence-corrected chi connectivity index (χ2v) is 34.4. The summed E-state index contributed by atoms with van der Waals surface area (Å²) in [7, 11) is 3.75. The maximum Gasteiger partial charge on any atom is -0.0167 e. The molecule has 0 amide bonds. The summed E-state index contributed by atoms with van der Waals surface area (Å²) in [5, 5.41) is 2.75. The maximum atomic E-state index is 2.75. The van der Waals surface area contributed by atoms with Gasteiger partial charge in [0.2, 0.25) is 0 Å². The Morgan fingerprint density at radius 3 is 1.31 bits per heavy atom. The van der Waals surface area contributed by atoms with Crippen molar-refractivity contribution in [2.24, 2.45) is 0 Å². The third-order valence-corrected chi connectivity index (χ3v) is 58.7. The Bertz CT molecular complexity index is 786. The molecule has 10 aliphatic rings. The standard InChI is InChI=1S/C7H9.C5H5.C2H7N.Fe/c1-2-7-5-3-4-6-7;1-2-4-5-3-1;1-3-2;/h3-6H,2H2,1H3;1-5H;3H,1-2H3;. The van der Waals surface area contributed by atoms with Crippen LogP contribution in [0, 0.1) is 0 Å². The largest absolute Gasteiger partial charge is 0.323 e. The number of hydrogen-bond donors (Lipinski definition) is 1. The molecule has 0 saturated carbocycles. The van der Waals surface area contributed by atoms with Gasteiger partial charge in [-0.25, -0.2) is 0 Å². The van der Waals surface area contributed by atoms with Crippen LogP contribution in [-0.2, 0) is 6.51 Å². The summed E-state index contributed by atoms with van der Waals surface area (Å²) in [6.07, 6.45) is 1.68. The second-order valence-electron chi connectivity index (χ2n) is 10.7. The van der Waals surface area contributed by atoms with Gasteiger partial charge in [-0.05, 0) is 14.1 Å². The molecule has 1 spiro atoms. The molecule has 16 heavy (non-hydrogen) atoms. The van der Waals surface area contributed by atoms with Crippen molar-refractivity contribution in [3.63, 3.8) is 0 Å². The molecule has 1 nitrogen and oxygen atoms in total. The zero-order valence-corrected chi connectivity index (χ0v) is 11.4. The summed E-state index contributed by atoms with van der Waals surface area (Å²) < 4.78 is 1.24. The Morgan fingerprint density at radius 1 is 0.875 bits per heavy atom. The molecule has 4 atom stereocenters. The van der Waals surface area contributed by atoms with E-state index in [0.717, 1.165) is 0 Å². The molecule has 0 bridgehead atoms. The Balaban J connectivity index is 0.000000180. The number of nitrogens with one attached hydrogen (secondary N) is 1. The summed E-state index contributed by atoms with van der Waals surface area (Å²) in [5.41, 5.74) is 0. The summed E-state index contributed by atoms with van der Waals surface area (Å²) in [6.45, 7) is 0.0825. The van der Waals surface area contributed by atoms with Gasteiger partial charge in [-0.3, -0.25) is 0 Å². The average molecular weight is 259 g/mol. The third-order valence-electron chi connectivity index (χ3n) is 15.5. The fourth-order valence-electron chi connectivity index (χ4n) is 17.7. The van der Waals surface area contributed by atoms with Crippen LogP contribution in [0.4, 0.5) is 0 Å². The molecular weight excluding hydrogens is 238 g/mol. The monoisotopic (exact) mass is 259 g/mol. The van der Waals surface area contributed by atoms with Crippen LogP contribution in [0.25, 0.3) is 0 Å². The van der Waals surface area contributed by atoms with Crippen molar-refractivity contribution in [3.05, 3.63) is 0 Å². The predicted molar refractivity (Wildman–Crippen MR) is 61.7 cm³/mol. The molecule has 2 heteroatoms. The second kappa shape index (κ2) is 0.501. The van der Waals surface area contributed by atoms with Gasteiger partial charge in [-0.2, -0.15) is 0 Å². The quantitative estimate of drug-likeness (QED) is 0.702. The van der Waals surface area contributed by atoms with Gasteiger partial charge in [0.15, 0.2) is 0 Å². The van der Waals surface area contributed by atoms with Crippen LogP contribution in [0.15, 0.2) is 0 Å². The van der Waals surface area contributed by atoms with Crippen LogP contribution >= 0.6 is 0 Å². The Labute approximate surface area is 87.0 Å². The van der Waals surface area contributed by atoms with Crippen LogP contribution in [0.5, 0.6) is 0 Å². The smallest absolute Gasteiger partial charge is 0.0167 e. The van der Waals surface area contributed by atoms with Gasteiger partial charge in [0.1, 0.15) is 0 Å². The van der Waals surface area contributed by atoms with Gasteiger partial charge in [0.05, 0.1) is 0 Å². The molecule has 0 radical (unpaired) electrons. The Morgan fingerprint density at radius 2 is 1.25 bits per heavy atom. The van der Waals surface area contributed by atoms with Gasteiger partial charge >= 0.3 is 67.5 Å². The van der Waals surface area contributed by atoms with Crippen LogP contribution < -0.4 is 5.32 Å². The summed E-state index contributed by atoms with van der Waals surface area (Å²) in [5.74, 6) is 0.